The van der Waals surface area contributed by atoms with Gasteiger partial charge in [-0.05, 0) is 12.1 Å². The maximum absolute atomic E-state index is 5.56. The zero-order valence-electron chi connectivity index (χ0n) is 9.60. The number of benzene rings is 1. The molecule has 1 aromatic heterocycles. The van der Waals surface area contributed by atoms with Gasteiger partial charge in [0.2, 0.25) is 11.8 Å². The van der Waals surface area contributed by atoms with Gasteiger partial charge in [0, 0.05) is 25.1 Å². The molecule has 2 rings (SSSR count). The topological polar surface area (TPSA) is 51.0 Å². The Morgan fingerprint density at radius 3 is 2.82 bits per heavy atom. The first kappa shape index (κ1) is 11.5. The van der Waals surface area contributed by atoms with E-state index in [1.165, 1.54) is 0 Å². The van der Waals surface area contributed by atoms with E-state index in [1.807, 2.05) is 36.4 Å². The molecule has 0 aliphatic rings. The van der Waals surface area contributed by atoms with Crippen LogP contribution in [0.15, 0.2) is 47.4 Å². The van der Waals surface area contributed by atoms with Gasteiger partial charge in [-0.3, -0.25) is 0 Å². The van der Waals surface area contributed by atoms with Crippen molar-refractivity contribution in [1.29, 1.82) is 0 Å². The lowest BCUT2D eigenvalue weighted by Gasteiger charge is -1.96. The van der Waals surface area contributed by atoms with Gasteiger partial charge in [-0.25, -0.2) is 0 Å². The number of rotatable bonds is 6. The van der Waals surface area contributed by atoms with E-state index in [0.717, 1.165) is 25.1 Å². The van der Waals surface area contributed by atoms with Gasteiger partial charge in [0.25, 0.3) is 0 Å². The minimum atomic E-state index is 0.573. The smallest absolute Gasteiger partial charge is 0.247 e. The van der Waals surface area contributed by atoms with Crippen LogP contribution in [0.4, 0.5) is 0 Å². The molecule has 0 saturated heterocycles. The predicted molar refractivity (Wildman–Crippen MR) is 66.5 cm³/mol. The molecule has 0 saturated carbocycles. The molecular weight excluding hydrogens is 214 g/mol. The molecule has 0 atom stereocenters. The summed E-state index contributed by atoms with van der Waals surface area (Å²) in [5, 5.41) is 11.2. The van der Waals surface area contributed by atoms with Crippen molar-refractivity contribution in [2.45, 2.75) is 6.42 Å². The summed E-state index contributed by atoms with van der Waals surface area (Å²) in [6, 6.07) is 9.76. The molecule has 0 aliphatic carbocycles. The third kappa shape index (κ3) is 3.26. The van der Waals surface area contributed by atoms with Crippen LogP contribution in [-0.4, -0.2) is 23.3 Å². The second-order valence-corrected chi connectivity index (χ2v) is 3.61. The lowest BCUT2D eigenvalue weighted by molar-refractivity contribution is 0.498. The summed E-state index contributed by atoms with van der Waals surface area (Å²) in [6.07, 6.45) is 2.55. The lowest BCUT2D eigenvalue weighted by atomic mass is 10.2. The van der Waals surface area contributed by atoms with Crippen molar-refractivity contribution in [2.75, 3.05) is 13.1 Å². The van der Waals surface area contributed by atoms with Gasteiger partial charge in [0.05, 0.1) is 0 Å². The van der Waals surface area contributed by atoms with E-state index in [2.05, 4.69) is 22.1 Å². The normalized spacial score (nSPS) is 10.4. The molecule has 4 nitrogen and oxygen atoms in total. The largest absolute Gasteiger partial charge is 0.421 e. The van der Waals surface area contributed by atoms with Gasteiger partial charge in [-0.15, -0.1) is 16.8 Å². The van der Waals surface area contributed by atoms with Gasteiger partial charge < -0.3 is 9.73 Å². The second kappa shape index (κ2) is 5.96. The highest BCUT2D eigenvalue weighted by Crippen LogP contribution is 2.16. The van der Waals surface area contributed by atoms with Crippen molar-refractivity contribution >= 4 is 0 Å². The fourth-order valence-electron chi connectivity index (χ4n) is 1.45. The molecule has 0 radical (unpaired) electrons. The van der Waals surface area contributed by atoms with E-state index < -0.39 is 0 Å². The highest BCUT2D eigenvalue weighted by molar-refractivity contribution is 5.51. The quantitative estimate of drug-likeness (QED) is 0.608. The standard InChI is InChI=1S/C13H15N3O/c1-2-9-14-10-8-12-15-16-13(17-12)11-6-4-3-5-7-11/h2-7,14H,1,8-10H2. The first-order valence-electron chi connectivity index (χ1n) is 5.59. The lowest BCUT2D eigenvalue weighted by Crippen LogP contribution is -2.16. The maximum Gasteiger partial charge on any atom is 0.247 e. The molecule has 0 aliphatic heterocycles. The van der Waals surface area contributed by atoms with Crippen LogP contribution in [-0.2, 0) is 6.42 Å². The van der Waals surface area contributed by atoms with E-state index in [1.54, 1.807) is 0 Å². The number of nitrogens with one attached hydrogen (secondary N) is 1. The van der Waals surface area contributed by atoms with Crippen molar-refractivity contribution in [2.24, 2.45) is 0 Å². The van der Waals surface area contributed by atoms with Crippen LogP contribution in [0.1, 0.15) is 5.89 Å². The van der Waals surface area contributed by atoms with E-state index >= 15 is 0 Å². The third-order valence-corrected chi connectivity index (χ3v) is 2.29. The zero-order chi connectivity index (χ0) is 11.9. The van der Waals surface area contributed by atoms with Gasteiger partial charge in [-0.2, -0.15) is 0 Å². The summed E-state index contributed by atoms with van der Waals surface area (Å²) in [4.78, 5) is 0. The number of hydrogen-bond donors (Lipinski definition) is 1. The van der Waals surface area contributed by atoms with Crippen molar-refractivity contribution in [1.82, 2.24) is 15.5 Å². The Bertz CT molecular complexity index is 465. The summed E-state index contributed by atoms with van der Waals surface area (Å²) in [6.45, 7) is 5.23. The number of aromatic nitrogens is 2. The highest BCUT2D eigenvalue weighted by Gasteiger charge is 2.06. The molecule has 4 heteroatoms. The van der Waals surface area contributed by atoms with Crippen LogP contribution < -0.4 is 5.32 Å². The van der Waals surface area contributed by atoms with Gasteiger partial charge >= 0.3 is 0 Å². The maximum atomic E-state index is 5.56. The monoisotopic (exact) mass is 229 g/mol. The van der Waals surface area contributed by atoms with Crippen molar-refractivity contribution in [3.63, 3.8) is 0 Å². The van der Waals surface area contributed by atoms with Crippen molar-refractivity contribution in [3.05, 3.63) is 48.9 Å². The van der Waals surface area contributed by atoms with Gasteiger partial charge in [-0.1, -0.05) is 24.3 Å². The summed E-state index contributed by atoms with van der Waals surface area (Å²) in [5.74, 6) is 1.23. The fourth-order valence-corrected chi connectivity index (χ4v) is 1.45. The molecule has 1 aromatic carbocycles. The molecule has 1 heterocycles. The van der Waals surface area contributed by atoms with Crippen molar-refractivity contribution < 1.29 is 4.42 Å². The van der Waals surface area contributed by atoms with Crippen LogP contribution in [0.2, 0.25) is 0 Å². The Morgan fingerprint density at radius 1 is 1.24 bits per heavy atom. The number of hydrogen-bond acceptors (Lipinski definition) is 4. The fraction of sp³-hybridized carbons (Fsp3) is 0.231. The summed E-state index contributed by atoms with van der Waals surface area (Å²) >= 11 is 0. The molecule has 2 aromatic rings. The predicted octanol–water partition coefficient (Wildman–Crippen LogP) is 2.05. The van der Waals surface area contributed by atoms with E-state index in [-0.39, 0.29) is 0 Å². The Hall–Kier alpha value is -1.94. The molecular formula is C13H15N3O. The first-order chi connectivity index (χ1) is 8.40. The average Bonchev–Trinajstić information content (AvgIpc) is 2.85. The summed E-state index contributed by atoms with van der Waals surface area (Å²) in [5.41, 5.74) is 0.949. The van der Waals surface area contributed by atoms with E-state index in [0.29, 0.717) is 11.8 Å². The molecule has 0 spiro atoms. The first-order valence-corrected chi connectivity index (χ1v) is 5.59. The van der Waals surface area contributed by atoms with Gasteiger partial charge in [0.1, 0.15) is 0 Å². The zero-order valence-corrected chi connectivity index (χ0v) is 9.60. The number of nitrogens with zero attached hydrogens (tertiary/aromatic N) is 2. The second-order valence-electron chi connectivity index (χ2n) is 3.61. The van der Waals surface area contributed by atoms with Gasteiger partial charge in [0.15, 0.2) is 0 Å². The van der Waals surface area contributed by atoms with E-state index in [4.69, 9.17) is 4.42 Å². The third-order valence-electron chi connectivity index (χ3n) is 2.29. The van der Waals surface area contributed by atoms with Crippen LogP contribution >= 0.6 is 0 Å². The van der Waals surface area contributed by atoms with Crippen molar-refractivity contribution in [3.8, 4) is 11.5 Å². The Labute approximate surface area is 100 Å². The Morgan fingerprint density at radius 2 is 2.06 bits per heavy atom. The molecule has 88 valence electrons. The Kier molecular flexibility index (Phi) is 4.05. The molecule has 0 amide bonds. The highest BCUT2D eigenvalue weighted by atomic mass is 16.4. The van der Waals surface area contributed by atoms with Crippen LogP contribution in [0.25, 0.3) is 11.5 Å². The molecule has 0 bridgehead atoms. The van der Waals surface area contributed by atoms with Crippen LogP contribution in [0, 0.1) is 0 Å². The molecule has 1 N–H and O–H groups in total. The van der Waals surface area contributed by atoms with E-state index in [9.17, 15) is 0 Å². The SMILES string of the molecule is C=CCNCCc1nnc(-c2ccccc2)o1. The molecule has 0 fully saturated rings. The molecule has 17 heavy (non-hydrogen) atoms. The van der Waals surface area contributed by atoms with Crippen LogP contribution in [0.3, 0.4) is 0 Å². The molecule has 0 unspecified atom stereocenters. The van der Waals surface area contributed by atoms with Crippen LogP contribution in [0.5, 0.6) is 0 Å². The average molecular weight is 229 g/mol. The Balaban J connectivity index is 1.94. The summed E-state index contributed by atoms with van der Waals surface area (Å²) in [7, 11) is 0. The summed E-state index contributed by atoms with van der Waals surface area (Å²) < 4.78 is 5.56. The minimum Gasteiger partial charge on any atom is -0.421 e. The minimum absolute atomic E-state index is 0.573.